The highest BCUT2D eigenvalue weighted by molar-refractivity contribution is 7.13. The summed E-state index contributed by atoms with van der Waals surface area (Å²) < 4.78 is 43.7. The van der Waals surface area contributed by atoms with E-state index in [1.807, 2.05) is 34.2 Å². The minimum absolute atomic E-state index is 0.0603. The van der Waals surface area contributed by atoms with Crippen molar-refractivity contribution < 1.29 is 13.2 Å². The lowest BCUT2D eigenvalue weighted by Gasteiger charge is -2.23. The molecule has 4 heterocycles. The molecule has 156 valence electrons. The Bertz CT molecular complexity index is 1170. The summed E-state index contributed by atoms with van der Waals surface area (Å²) in [5.74, 6) is 1.16. The molecule has 1 fully saturated rings. The predicted molar refractivity (Wildman–Crippen MR) is 114 cm³/mol. The van der Waals surface area contributed by atoms with E-state index >= 15 is 0 Å². The molecule has 3 aromatic heterocycles. The smallest absolute Gasteiger partial charge is 0.323 e. The van der Waals surface area contributed by atoms with Crippen molar-refractivity contribution in [1.29, 1.82) is 0 Å². The molecule has 4 aromatic rings. The van der Waals surface area contributed by atoms with Gasteiger partial charge in [0.15, 0.2) is 11.5 Å². The molecule has 0 bridgehead atoms. The molecule has 1 saturated heterocycles. The number of pyridine rings is 1. The number of alkyl halides is 3. The van der Waals surface area contributed by atoms with Gasteiger partial charge in [0.1, 0.15) is 5.52 Å². The predicted octanol–water partition coefficient (Wildman–Crippen LogP) is 5.72. The number of imidazole rings is 1. The minimum atomic E-state index is -4.57. The number of aryl methyl sites for hydroxylation is 1. The highest BCUT2D eigenvalue weighted by atomic mass is 32.1. The quantitative estimate of drug-likeness (QED) is 0.450. The molecule has 4 nitrogen and oxygen atoms in total. The van der Waals surface area contributed by atoms with Gasteiger partial charge in [-0.2, -0.15) is 13.2 Å². The molecule has 0 saturated carbocycles. The monoisotopic (exact) mass is 430 g/mol. The number of piperidine rings is 1. The lowest BCUT2D eigenvalue weighted by atomic mass is 9.94. The van der Waals surface area contributed by atoms with Gasteiger partial charge in [-0.1, -0.05) is 24.3 Å². The highest BCUT2D eigenvalue weighted by Gasteiger charge is 2.37. The summed E-state index contributed by atoms with van der Waals surface area (Å²) in [5, 5.41) is 6.00. The normalized spacial score (nSPS) is 16.0. The largest absolute Gasteiger partial charge is 0.435 e. The first kappa shape index (κ1) is 19.5. The Morgan fingerprint density at radius 3 is 2.60 bits per heavy atom. The van der Waals surface area contributed by atoms with E-state index in [-0.39, 0.29) is 5.52 Å². The Balaban J connectivity index is 1.74. The molecular formula is C22H21F3N4S. The number of halogens is 3. The third-order valence-electron chi connectivity index (χ3n) is 5.81. The number of nitrogens with one attached hydrogen (secondary N) is 1. The van der Waals surface area contributed by atoms with Crippen molar-refractivity contribution in [3.05, 3.63) is 47.5 Å². The molecule has 8 heteroatoms. The fourth-order valence-corrected chi connectivity index (χ4v) is 5.05. The number of fused-ring (bicyclic) bond motifs is 3. The third-order valence-corrected chi connectivity index (χ3v) is 6.68. The number of thiophene rings is 1. The van der Waals surface area contributed by atoms with E-state index in [1.54, 1.807) is 12.1 Å². The van der Waals surface area contributed by atoms with E-state index in [4.69, 9.17) is 0 Å². The molecule has 30 heavy (non-hydrogen) atoms. The Morgan fingerprint density at radius 2 is 1.87 bits per heavy atom. The van der Waals surface area contributed by atoms with Gasteiger partial charge in [-0.25, -0.2) is 9.97 Å². The van der Waals surface area contributed by atoms with Crippen molar-refractivity contribution in [2.24, 2.45) is 5.92 Å². The maximum Gasteiger partial charge on any atom is 0.435 e. The first-order valence-electron chi connectivity index (χ1n) is 10.1. The summed E-state index contributed by atoms with van der Waals surface area (Å²) in [7, 11) is 0. The van der Waals surface area contributed by atoms with E-state index in [0.29, 0.717) is 34.7 Å². The average Bonchev–Trinajstić information content (AvgIpc) is 3.39. The fourth-order valence-electron chi connectivity index (χ4n) is 4.33. The number of nitrogens with zero attached hydrogens (tertiary/aromatic N) is 3. The van der Waals surface area contributed by atoms with Crippen LogP contribution in [0.5, 0.6) is 0 Å². The zero-order valence-corrected chi connectivity index (χ0v) is 17.1. The first-order chi connectivity index (χ1) is 14.5. The van der Waals surface area contributed by atoms with Crippen molar-refractivity contribution in [2.45, 2.75) is 32.0 Å². The summed E-state index contributed by atoms with van der Waals surface area (Å²) in [6, 6.07) is 10.8. The van der Waals surface area contributed by atoms with Gasteiger partial charge in [-0.05, 0) is 55.8 Å². The van der Waals surface area contributed by atoms with Gasteiger partial charge in [-0.15, -0.1) is 11.3 Å². The second-order valence-electron chi connectivity index (χ2n) is 7.72. The van der Waals surface area contributed by atoms with Crippen LogP contribution in [0.3, 0.4) is 0 Å². The van der Waals surface area contributed by atoms with Crippen molar-refractivity contribution in [3.63, 3.8) is 0 Å². The van der Waals surface area contributed by atoms with Gasteiger partial charge in [0.2, 0.25) is 0 Å². The van der Waals surface area contributed by atoms with Crippen molar-refractivity contribution in [3.8, 4) is 10.7 Å². The van der Waals surface area contributed by atoms with E-state index in [2.05, 4.69) is 15.3 Å². The molecule has 0 amide bonds. The van der Waals surface area contributed by atoms with Crippen LogP contribution in [0.1, 0.15) is 25.0 Å². The van der Waals surface area contributed by atoms with Gasteiger partial charge in [0.25, 0.3) is 0 Å². The number of rotatable bonds is 4. The lowest BCUT2D eigenvalue weighted by Crippen LogP contribution is -2.28. The van der Waals surface area contributed by atoms with E-state index < -0.39 is 11.9 Å². The van der Waals surface area contributed by atoms with E-state index in [0.717, 1.165) is 37.2 Å². The molecule has 1 N–H and O–H groups in total. The van der Waals surface area contributed by atoms with Crippen molar-refractivity contribution in [1.82, 2.24) is 19.9 Å². The van der Waals surface area contributed by atoms with Crippen LogP contribution in [-0.4, -0.2) is 27.6 Å². The Hall–Kier alpha value is -2.45. The fraction of sp³-hybridized carbons (Fsp3) is 0.364. The molecule has 0 spiro atoms. The van der Waals surface area contributed by atoms with Crippen LogP contribution >= 0.6 is 11.3 Å². The molecule has 0 radical (unpaired) electrons. The molecule has 5 rings (SSSR count). The topological polar surface area (TPSA) is 42.7 Å². The Kier molecular flexibility index (Phi) is 4.99. The maximum atomic E-state index is 13.9. The van der Waals surface area contributed by atoms with Crippen LogP contribution in [0.15, 0.2) is 41.8 Å². The van der Waals surface area contributed by atoms with Crippen molar-refractivity contribution in [2.75, 3.05) is 13.1 Å². The highest BCUT2D eigenvalue weighted by Crippen LogP contribution is 2.39. The van der Waals surface area contributed by atoms with Gasteiger partial charge in [0.05, 0.1) is 15.9 Å². The summed E-state index contributed by atoms with van der Waals surface area (Å²) in [5.41, 5.74) is -0.0899. The van der Waals surface area contributed by atoms with Crippen LogP contribution < -0.4 is 5.32 Å². The molecule has 0 atom stereocenters. The van der Waals surface area contributed by atoms with Crippen LogP contribution in [0.4, 0.5) is 13.2 Å². The molecule has 1 aliphatic rings. The van der Waals surface area contributed by atoms with Crippen LogP contribution in [0.25, 0.3) is 32.6 Å². The zero-order chi connectivity index (χ0) is 20.7. The van der Waals surface area contributed by atoms with E-state index in [9.17, 15) is 13.2 Å². The summed E-state index contributed by atoms with van der Waals surface area (Å²) in [6.45, 7) is 2.64. The number of hydrogen-bond acceptors (Lipinski definition) is 4. The van der Waals surface area contributed by atoms with Crippen LogP contribution in [0, 0.1) is 5.92 Å². The summed E-state index contributed by atoms with van der Waals surface area (Å²) in [4.78, 5) is 9.34. The molecular weight excluding hydrogens is 409 g/mol. The first-order valence-corrected chi connectivity index (χ1v) is 11.0. The van der Waals surface area contributed by atoms with Crippen LogP contribution in [0.2, 0.25) is 0 Å². The Labute approximate surface area is 175 Å². The maximum absolute atomic E-state index is 13.9. The summed E-state index contributed by atoms with van der Waals surface area (Å²) in [6.07, 6.45) is -1.46. The number of hydrogen-bond donors (Lipinski definition) is 1. The number of benzene rings is 1. The number of aromatic nitrogens is 3. The number of para-hydroxylation sites is 1. The van der Waals surface area contributed by atoms with Gasteiger partial charge < -0.3 is 9.88 Å². The Morgan fingerprint density at radius 1 is 1.07 bits per heavy atom. The van der Waals surface area contributed by atoms with Crippen molar-refractivity contribution >= 4 is 33.3 Å². The zero-order valence-electron chi connectivity index (χ0n) is 16.2. The SMILES string of the molecule is FC(F)(F)c1nc2ccccc2c2c1nc(-c1cccs1)n2CCC1CCNCC1. The second kappa shape index (κ2) is 7.67. The van der Waals surface area contributed by atoms with Gasteiger partial charge >= 0.3 is 6.18 Å². The van der Waals surface area contributed by atoms with Gasteiger partial charge in [-0.3, -0.25) is 0 Å². The second-order valence-corrected chi connectivity index (χ2v) is 8.67. The standard InChI is InChI=1S/C22H21F3N4S/c23-22(24,25)20-18-19(15-4-1-2-5-16(15)27-20)29(12-9-14-7-10-26-11-8-14)21(28-18)17-6-3-13-30-17/h1-6,13-14,26H,7-12H2. The summed E-state index contributed by atoms with van der Waals surface area (Å²) >= 11 is 1.49. The lowest BCUT2D eigenvalue weighted by molar-refractivity contribution is -0.139. The molecule has 0 unspecified atom stereocenters. The minimum Gasteiger partial charge on any atom is -0.323 e. The third kappa shape index (κ3) is 3.48. The molecule has 1 aliphatic heterocycles. The van der Waals surface area contributed by atoms with E-state index in [1.165, 1.54) is 11.3 Å². The van der Waals surface area contributed by atoms with Gasteiger partial charge in [0, 0.05) is 11.9 Å². The molecule has 1 aromatic carbocycles. The average molecular weight is 430 g/mol. The van der Waals surface area contributed by atoms with Crippen LogP contribution in [-0.2, 0) is 12.7 Å². The molecule has 0 aliphatic carbocycles.